The summed E-state index contributed by atoms with van der Waals surface area (Å²) in [7, 11) is 9.22. The Kier molecular flexibility index (Phi) is 7.26. The SMILES string of the molecule is CN=C(NCC(c1cnn(C)c1)N(C)C)NC1CCN(C(=O)OC)CC1. The minimum Gasteiger partial charge on any atom is -0.453 e. The van der Waals surface area contributed by atoms with Gasteiger partial charge < -0.3 is 25.2 Å². The van der Waals surface area contributed by atoms with Crippen molar-refractivity contribution in [3.8, 4) is 0 Å². The van der Waals surface area contributed by atoms with Crippen LogP contribution >= 0.6 is 0 Å². The van der Waals surface area contributed by atoms with E-state index in [4.69, 9.17) is 4.74 Å². The van der Waals surface area contributed by atoms with E-state index in [2.05, 4.69) is 39.7 Å². The minimum atomic E-state index is -0.253. The number of carbonyl (C=O) groups is 1. The second-order valence-electron chi connectivity index (χ2n) is 6.76. The number of likely N-dealkylation sites (tertiary alicyclic amines) is 1. The molecule has 1 aliphatic heterocycles. The second kappa shape index (κ2) is 9.42. The molecule has 9 nitrogen and oxygen atoms in total. The summed E-state index contributed by atoms with van der Waals surface area (Å²) in [5.74, 6) is 0.775. The van der Waals surface area contributed by atoms with Gasteiger partial charge in [0.25, 0.3) is 0 Å². The van der Waals surface area contributed by atoms with E-state index < -0.39 is 0 Å². The van der Waals surface area contributed by atoms with Crippen molar-refractivity contribution in [3.63, 3.8) is 0 Å². The molecule has 0 spiro atoms. The number of piperidine rings is 1. The Bertz CT molecular complexity index is 606. The Morgan fingerprint density at radius 2 is 2.15 bits per heavy atom. The standard InChI is InChI=1S/C17H31N7O2/c1-18-16(21-14-6-8-24(9-7-14)17(25)26-5)19-11-15(22(2)3)13-10-20-23(4)12-13/h10,12,14-15H,6-9,11H2,1-5H3,(H2,18,19,21). The van der Waals surface area contributed by atoms with Gasteiger partial charge in [-0.3, -0.25) is 9.67 Å². The van der Waals surface area contributed by atoms with Gasteiger partial charge in [-0.1, -0.05) is 0 Å². The molecule has 2 heterocycles. The topological polar surface area (TPSA) is 87.0 Å². The van der Waals surface area contributed by atoms with Crippen LogP contribution in [0.5, 0.6) is 0 Å². The van der Waals surface area contributed by atoms with Gasteiger partial charge in [0.1, 0.15) is 0 Å². The molecular formula is C17H31N7O2. The van der Waals surface area contributed by atoms with Crippen molar-refractivity contribution in [2.24, 2.45) is 12.0 Å². The number of methoxy groups -OCH3 is 1. The number of hydrogen-bond donors (Lipinski definition) is 2. The summed E-state index contributed by atoms with van der Waals surface area (Å²) in [6.07, 6.45) is 5.41. The van der Waals surface area contributed by atoms with Crippen molar-refractivity contribution in [1.82, 2.24) is 30.2 Å². The van der Waals surface area contributed by atoms with Crippen molar-refractivity contribution in [1.29, 1.82) is 0 Å². The molecule has 0 radical (unpaired) electrons. The Balaban J connectivity index is 1.85. The van der Waals surface area contributed by atoms with E-state index in [1.165, 1.54) is 7.11 Å². The van der Waals surface area contributed by atoms with E-state index >= 15 is 0 Å². The third-order valence-corrected chi connectivity index (χ3v) is 4.69. The molecule has 1 atom stereocenters. The normalized spacial score (nSPS) is 17.3. The lowest BCUT2D eigenvalue weighted by molar-refractivity contribution is 0.111. The summed E-state index contributed by atoms with van der Waals surface area (Å²) in [6, 6.07) is 0.488. The van der Waals surface area contributed by atoms with Gasteiger partial charge in [-0.2, -0.15) is 5.10 Å². The smallest absolute Gasteiger partial charge is 0.409 e. The van der Waals surface area contributed by atoms with Crippen molar-refractivity contribution in [2.75, 3.05) is 47.9 Å². The number of guanidine groups is 1. The van der Waals surface area contributed by atoms with Gasteiger partial charge in [-0.25, -0.2) is 4.79 Å². The van der Waals surface area contributed by atoms with Crippen LogP contribution in [0.4, 0.5) is 4.79 Å². The maximum absolute atomic E-state index is 11.6. The summed E-state index contributed by atoms with van der Waals surface area (Å²) in [4.78, 5) is 19.8. The quantitative estimate of drug-likeness (QED) is 0.581. The molecule has 1 aromatic heterocycles. The predicted octanol–water partition coefficient (Wildman–Crippen LogP) is 0.419. The largest absolute Gasteiger partial charge is 0.453 e. The van der Waals surface area contributed by atoms with E-state index in [0.29, 0.717) is 19.1 Å². The van der Waals surface area contributed by atoms with Gasteiger partial charge >= 0.3 is 6.09 Å². The molecule has 1 fully saturated rings. The third kappa shape index (κ3) is 5.35. The number of aryl methyl sites for hydroxylation is 1. The fourth-order valence-corrected chi connectivity index (χ4v) is 3.13. The van der Waals surface area contributed by atoms with E-state index in [-0.39, 0.29) is 12.1 Å². The van der Waals surface area contributed by atoms with Gasteiger partial charge in [0.05, 0.1) is 19.3 Å². The molecule has 9 heteroatoms. The molecule has 0 bridgehead atoms. The third-order valence-electron chi connectivity index (χ3n) is 4.69. The van der Waals surface area contributed by atoms with E-state index in [1.807, 2.05) is 24.1 Å². The van der Waals surface area contributed by atoms with Crippen LogP contribution in [0, 0.1) is 0 Å². The molecule has 146 valence electrons. The molecule has 1 aliphatic rings. The number of likely N-dealkylation sites (N-methyl/N-ethyl adjacent to an activating group) is 1. The molecule has 0 aromatic carbocycles. The zero-order chi connectivity index (χ0) is 19.1. The molecular weight excluding hydrogens is 334 g/mol. The maximum Gasteiger partial charge on any atom is 0.409 e. The number of hydrogen-bond acceptors (Lipinski definition) is 5. The minimum absolute atomic E-state index is 0.198. The number of ether oxygens (including phenoxy) is 1. The average Bonchev–Trinajstić information content (AvgIpc) is 3.06. The molecule has 1 saturated heterocycles. The first-order valence-corrected chi connectivity index (χ1v) is 8.89. The van der Waals surface area contributed by atoms with Crippen molar-refractivity contribution in [2.45, 2.75) is 24.9 Å². The maximum atomic E-state index is 11.6. The summed E-state index contributed by atoms with van der Waals surface area (Å²) < 4.78 is 6.59. The lowest BCUT2D eigenvalue weighted by Gasteiger charge is -2.32. The zero-order valence-corrected chi connectivity index (χ0v) is 16.4. The fourth-order valence-electron chi connectivity index (χ4n) is 3.13. The van der Waals surface area contributed by atoms with Crippen LogP contribution in [0.1, 0.15) is 24.4 Å². The predicted molar refractivity (Wildman–Crippen MR) is 101 cm³/mol. The Morgan fingerprint density at radius 3 is 2.65 bits per heavy atom. The fraction of sp³-hybridized carbons (Fsp3) is 0.706. The highest BCUT2D eigenvalue weighted by Crippen LogP contribution is 2.16. The Hall–Kier alpha value is -2.29. The van der Waals surface area contributed by atoms with Crippen LogP contribution in [-0.4, -0.2) is 85.6 Å². The summed E-state index contributed by atoms with van der Waals surface area (Å²) in [6.45, 7) is 2.11. The Labute approximate surface area is 155 Å². The summed E-state index contributed by atoms with van der Waals surface area (Å²) >= 11 is 0. The number of carbonyl (C=O) groups excluding carboxylic acids is 1. The van der Waals surface area contributed by atoms with Crippen molar-refractivity contribution >= 4 is 12.1 Å². The molecule has 26 heavy (non-hydrogen) atoms. The van der Waals surface area contributed by atoms with E-state index in [9.17, 15) is 4.79 Å². The number of nitrogens with zero attached hydrogens (tertiary/aromatic N) is 5. The number of amides is 1. The van der Waals surface area contributed by atoms with Gasteiger partial charge in [0, 0.05) is 51.5 Å². The highest BCUT2D eigenvalue weighted by atomic mass is 16.5. The number of rotatable bonds is 5. The molecule has 2 rings (SSSR count). The molecule has 0 aliphatic carbocycles. The van der Waals surface area contributed by atoms with Crippen LogP contribution < -0.4 is 10.6 Å². The van der Waals surface area contributed by atoms with Crippen LogP contribution in [0.3, 0.4) is 0 Å². The van der Waals surface area contributed by atoms with Crippen LogP contribution in [0.2, 0.25) is 0 Å². The van der Waals surface area contributed by atoms with Crippen LogP contribution in [-0.2, 0) is 11.8 Å². The van der Waals surface area contributed by atoms with Gasteiger partial charge in [-0.15, -0.1) is 0 Å². The summed E-state index contributed by atoms with van der Waals surface area (Å²) in [5.41, 5.74) is 1.16. The number of nitrogens with one attached hydrogen (secondary N) is 2. The Morgan fingerprint density at radius 1 is 1.46 bits per heavy atom. The molecule has 2 N–H and O–H groups in total. The zero-order valence-electron chi connectivity index (χ0n) is 16.4. The van der Waals surface area contributed by atoms with Crippen molar-refractivity contribution < 1.29 is 9.53 Å². The number of aliphatic imine (C=N–C) groups is 1. The number of aromatic nitrogens is 2. The van der Waals surface area contributed by atoms with Gasteiger partial charge in [0.15, 0.2) is 5.96 Å². The second-order valence-corrected chi connectivity index (χ2v) is 6.76. The average molecular weight is 365 g/mol. The summed E-state index contributed by atoms with van der Waals surface area (Å²) in [5, 5.41) is 11.1. The first-order valence-electron chi connectivity index (χ1n) is 8.89. The molecule has 1 aromatic rings. The first-order chi connectivity index (χ1) is 12.4. The van der Waals surface area contributed by atoms with Crippen LogP contribution in [0.25, 0.3) is 0 Å². The monoisotopic (exact) mass is 365 g/mol. The lowest BCUT2D eigenvalue weighted by atomic mass is 10.1. The van der Waals surface area contributed by atoms with Gasteiger partial charge in [-0.05, 0) is 26.9 Å². The lowest BCUT2D eigenvalue weighted by Crippen LogP contribution is -2.50. The molecule has 1 amide bonds. The van der Waals surface area contributed by atoms with Gasteiger partial charge in [0.2, 0.25) is 0 Å². The first kappa shape index (κ1) is 20.0. The van der Waals surface area contributed by atoms with Crippen molar-refractivity contribution in [3.05, 3.63) is 18.0 Å². The van der Waals surface area contributed by atoms with E-state index in [0.717, 1.165) is 30.9 Å². The molecule has 1 unspecified atom stereocenters. The molecule has 0 saturated carbocycles. The highest BCUT2D eigenvalue weighted by molar-refractivity contribution is 5.80. The van der Waals surface area contributed by atoms with Crippen LogP contribution in [0.15, 0.2) is 17.4 Å². The highest BCUT2D eigenvalue weighted by Gasteiger charge is 2.24. The van der Waals surface area contributed by atoms with E-state index in [1.54, 1.807) is 11.9 Å².